The number of aliphatic hydroxyl groups is 1. The molecule has 1 aliphatic carbocycles. The van der Waals surface area contributed by atoms with Crippen molar-refractivity contribution in [2.75, 3.05) is 19.6 Å². The fourth-order valence-electron chi connectivity index (χ4n) is 5.54. The van der Waals surface area contributed by atoms with Gasteiger partial charge in [0.15, 0.2) is 0 Å². The Morgan fingerprint density at radius 3 is 2.33 bits per heavy atom. The molecule has 3 aromatic carbocycles. The third kappa shape index (κ3) is 5.48. The smallest absolute Gasteiger partial charge is 0.120 e. The van der Waals surface area contributed by atoms with E-state index in [-0.39, 0.29) is 6.10 Å². The van der Waals surface area contributed by atoms with Gasteiger partial charge in [-0.2, -0.15) is 0 Å². The molecule has 3 heteroatoms. The lowest BCUT2D eigenvalue weighted by atomic mass is 9.79. The molecule has 0 saturated carbocycles. The van der Waals surface area contributed by atoms with Crippen molar-refractivity contribution in [2.45, 2.75) is 50.7 Å². The number of piperidine rings is 1. The summed E-state index contributed by atoms with van der Waals surface area (Å²) in [4.78, 5) is 2.60. The predicted molar refractivity (Wildman–Crippen MR) is 133 cm³/mol. The number of benzene rings is 3. The SMILES string of the molecule is OC1c2ccc(OCc3ccccc3)cc2CCC1CCN1CCC(c2ccccc2)CC1. The van der Waals surface area contributed by atoms with Gasteiger partial charge in [0.2, 0.25) is 0 Å². The van der Waals surface area contributed by atoms with E-state index in [9.17, 15) is 5.11 Å². The van der Waals surface area contributed by atoms with Gasteiger partial charge in [-0.1, -0.05) is 66.7 Å². The lowest BCUT2D eigenvalue weighted by Gasteiger charge is -2.35. The van der Waals surface area contributed by atoms with Gasteiger partial charge in [-0.15, -0.1) is 0 Å². The van der Waals surface area contributed by atoms with Crippen LogP contribution in [0.4, 0.5) is 0 Å². The molecule has 3 aromatic rings. The standard InChI is InChI=1S/C30H35NO2/c32-30-26(17-20-31-18-15-25(16-19-31)24-9-5-2-6-10-24)11-12-27-21-28(13-14-29(27)30)33-22-23-7-3-1-4-8-23/h1-10,13-14,21,25-26,30,32H,11-12,15-20,22H2. The number of fused-ring (bicyclic) bond motifs is 1. The van der Waals surface area contributed by atoms with Gasteiger partial charge in [0.25, 0.3) is 0 Å². The van der Waals surface area contributed by atoms with Gasteiger partial charge < -0.3 is 14.7 Å². The molecule has 2 aliphatic rings. The normalized spacial score (nSPS) is 21.5. The molecule has 0 aromatic heterocycles. The van der Waals surface area contributed by atoms with E-state index in [1.54, 1.807) is 0 Å². The number of rotatable bonds is 7. The molecule has 1 fully saturated rings. The van der Waals surface area contributed by atoms with Crippen LogP contribution >= 0.6 is 0 Å². The van der Waals surface area contributed by atoms with Crippen molar-refractivity contribution in [3.63, 3.8) is 0 Å². The Kier molecular flexibility index (Phi) is 7.09. The van der Waals surface area contributed by atoms with Crippen LogP contribution in [0, 0.1) is 5.92 Å². The van der Waals surface area contributed by atoms with Crippen LogP contribution < -0.4 is 4.74 Å². The van der Waals surface area contributed by atoms with Crippen molar-refractivity contribution in [1.82, 2.24) is 4.90 Å². The van der Waals surface area contributed by atoms with Gasteiger partial charge in [-0.3, -0.25) is 0 Å². The van der Waals surface area contributed by atoms with Gasteiger partial charge in [0, 0.05) is 0 Å². The molecule has 2 atom stereocenters. The van der Waals surface area contributed by atoms with Crippen molar-refractivity contribution < 1.29 is 9.84 Å². The summed E-state index contributed by atoms with van der Waals surface area (Å²) < 4.78 is 6.00. The molecule has 1 N–H and O–H groups in total. The van der Waals surface area contributed by atoms with Crippen molar-refractivity contribution in [2.24, 2.45) is 5.92 Å². The largest absolute Gasteiger partial charge is 0.489 e. The number of ether oxygens (including phenoxy) is 1. The fraction of sp³-hybridized carbons (Fsp3) is 0.400. The fourth-order valence-corrected chi connectivity index (χ4v) is 5.54. The van der Waals surface area contributed by atoms with Crippen LogP contribution in [0.2, 0.25) is 0 Å². The quantitative estimate of drug-likeness (QED) is 0.479. The summed E-state index contributed by atoms with van der Waals surface area (Å²) in [6.45, 7) is 4.00. The van der Waals surface area contributed by atoms with Crippen molar-refractivity contribution in [3.8, 4) is 5.75 Å². The Morgan fingerprint density at radius 2 is 1.58 bits per heavy atom. The molecule has 0 radical (unpaired) electrons. The minimum atomic E-state index is -0.362. The second kappa shape index (κ2) is 10.5. The van der Waals surface area contributed by atoms with E-state index in [4.69, 9.17) is 4.74 Å². The van der Waals surface area contributed by atoms with Crippen molar-refractivity contribution in [1.29, 1.82) is 0 Å². The number of nitrogens with zero attached hydrogens (tertiary/aromatic N) is 1. The van der Waals surface area contributed by atoms with Gasteiger partial charge >= 0.3 is 0 Å². The Labute approximate surface area is 198 Å². The Balaban J connectivity index is 1.11. The zero-order chi connectivity index (χ0) is 22.5. The Bertz CT molecular complexity index is 1010. The summed E-state index contributed by atoms with van der Waals surface area (Å²) in [5.41, 5.74) is 5.00. The van der Waals surface area contributed by atoms with Crippen LogP contribution in [0.3, 0.4) is 0 Å². The first-order chi connectivity index (χ1) is 16.3. The van der Waals surface area contributed by atoms with Crippen molar-refractivity contribution >= 4 is 0 Å². The van der Waals surface area contributed by atoms with E-state index in [0.717, 1.165) is 37.1 Å². The summed E-state index contributed by atoms with van der Waals surface area (Å²) >= 11 is 0. The maximum atomic E-state index is 11.1. The summed E-state index contributed by atoms with van der Waals surface area (Å²) in [7, 11) is 0. The van der Waals surface area contributed by atoms with E-state index in [2.05, 4.69) is 59.5 Å². The van der Waals surface area contributed by atoms with Crippen LogP contribution in [0.1, 0.15) is 60.0 Å². The zero-order valence-corrected chi connectivity index (χ0v) is 19.4. The minimum Gasteiger partial charge on any atom is -0.489 e. The van der Waals surface area contributed by atoms with E-state index < -0.39 is 0 Å². The highest BCUT2D eigenvalue weighted by Crippen LogP contribution is 2.38. The molecule has 172 valence electrons. The highest BCUT2D eigenvalue weighted by atomic mass is 16.5. The first kappa shape index (κ1) is 22.2. The van der Waals surface area contributed by atoms with Crippen LogP contribution in [0.25, 0.3) is 0 Å². The molecule has 1 saturated heterocycles. The third-order valence-electron chi connectivity index (χ3n) is 7.59. The first-order valence-corrected chi connectivity index (χ1v) is 12.5. The highest BCUT2D eigenvalue weighted by molar-refractivity contribution is 5.39. The molecule has 1 aliphatic heterocycles. The van der Waals surface area contributed by atoms with Gasteiger partial charge in [-0.25, -0.2) is 0 Å². The maximum Gasteiger partial charge on any atom is 0.120 e. The summed E-state index contributed by atoms with van der Waals surface area (Å²) in [5, 5.41) is 11.1. The average molecular weight is 442 g/mol. The summed E-state index contributed by atoms with van der Waals surface area (Å²) in [6.07, 6.45) is 5.27. The molecule has 5 rings (SSSR count). The van der Waals surface area contributed by atoms with Gasteiger partial charge in [0.1, 0.15) is 12.4 Å². The third-order valence-corrected chi connectivity index (χ3v) is 7.59. The number of hydrogen-bond acceptors (Lipinski definition) is 3. The average Bonchev–Trinajstić information content (AvgIpc) is 2.88. The molecular formula is C30H35NO2. The Hall–Kier alpha value is -2.62. The van der Waals surface area contributed by atoms with E-state index in [1.165, 1.54) is 42.6 Å². The topological polar surface area (TPSA) is 32.7 Å². The van der Waals surface area contributed by atoms with E-state index in [1.807, 2.05) is 24.3 Å². The maximum absolute atomic E-state index is 11.1. The number of likely N-dealkylation sites (tertiary alicyclic amines) is 1. The second-order valence-electron chi connectivity index (χ2n) is 9.69. The van der Waals surface area contributed by atoms with Crippen LogP contribution in [0.15, 0.2) is 78.9 Å². The van der Waals surface area contributed by atoms with E-state index >= 15 is 0 Å². The first-order valence-electron chi connectivity index (χ1n) is 12.5. The molecule has 0 spiro atoms. The van der Waals surface area contributed by atoms with Crippen molar-refractivity contribution in [3.05, 3.63) is 101 Å². The number of aryl methyl sites for hydroxylation is 1. The predicted octanol–water partition coefficient (Wildman–Crippen LogP) is 6.13. The number of aliphatic hydroxyl groups excluding tert-OH is 1. The number of hydrogen-bond donors (Lipinski definition) is 1. The molecule has 0 bridgehead atoms. The minimum absolute atomic E-state index is 0.348. The van der Waals surface area contributed by atoms with Crippen LogP contribution in [0.5, 0.6) is 5.75 Å². The van der Waals surface area contributed by atoms with E-state index in [0.29, 0.717) is 18.4 Å². The molecular weight excluding hydrogens is 406 g/mol. The van der Waals surface area contributed by atoms with Gasteiger partial charge in [0.05, 0.1) is 6.10 Å². The second-order valence-corrected chi connectivity index (χ2v) is 9.69. The molecule has 3 nitrogen and oxygen atoms in total. The summed E-state index contributed by atoms with van der Waals surface area (Å²) in [5.74, 6) is 1.94. The lowest BCUT2D eigenvalue weighted by molar-refractivity contribution is 0.0771. The lowest BCUT2D eigenvalue weighted by Crippen LogP contribution is -2.35. The van der Waals surface area contributed by atoms with Crippen LogP contribution in [-0.4, -0.2) is 29.6 Å². The zero-order valence-electron chi connectivity index (χ0n) is 19.4. The van der Waals surface area contributed by atoms with Crippen LogP contribution in [-0.2, 0) is 13.0 Å². The summed E-state index contributed by atoms with van der Waals surface area (Å²) in [6, 6.07) is 27.4. The molecule has 1 heterocycles. The molecule has 33 heavy (non-hydrogen) atoms. The molecule has 0 amide bonds. The Morgan fingerprint density at radius 1 is 0.848 bits per heavy atom. The highest BCUT2D eigenvalue weighted by Gasteiger charge is 2.29. The molecule has 2 unspecified atom stereocenters. The van der Waals surface area contributed by atoms with Gasteiger partial charge in [-0.05, 0) is 98.0 Å². The monoisotopic (exact) mass is 441 g/mol.